The van der Waals surface area contributed by atoms with Crippen molar-refractivity contribution in [2.45, 2.75) is 34.3 Å². The molecule has 1 heterocycles. The van der Waals surface area contributed by atoms with E-state index in [1.165, 1.54) is 23.0 Å². The van der Waals surface area contributed by atoms with Gasteiger partial charge in [0.2, 0.25) is 0 Å². The average molecular weight is 383 g/mol. The molecule has 0 saturated heterocycles. The maximum atomic E-state index is 13.8. The smallest absolute Gasteiger partial charge is 0.265 e. The van der Waals surface area contributed by atoms with Gasteiger partial charge in [0.1, 0.15) is 18.2 Å². The van der Waals surface area contributed by atoms with Crippen LogP contribution in [0.1, 0.15) is 37.5 Å². The second-order valence-electron chi connectivity index (χ2n) is 6.75. The predicted octanol–water partition coefficient (Wildman–Crippen LogP) is 5.95. The number of ether oxygens (including phenoxy) is 1. The van der Waals surface area contributed by atoms with Crippen molar-refractivity contribution < 1.29 is 13.9 Å². The molecule has 0 unspecified atom stereocenters. The highest BCUT2D eigenvalue weighted by Gasteiger charge is 2.13. The molecule has 0 atom stereocenters. The molecule has 0 fully saturated rings. The minimum absolute atomic E-state index is 0.192. The summed E-state index contributed by atoms with van der Waals surface area (Å²) in [5.74, 6) is 0.0872. The fourth-order valence-electron chi connectivity index (χ4n) is 2.80. The van der Waals surface area contributed by atoms with Crippen LogP contribution in [0.25, 0.3) is 0 Å². The fraction of sp³-hybridized carbons (Fsp3) is 0.227. The molecular formula is C22H22FNO2S. The Bertz CT molecular complexity index is 994. The van der Waals surface area contributed by atoms with Crippen molar-refractivity contribution in [1.82, 2.24) is 0 Å². The Morgan fingerprint density at radius 2 is 1.85 bits per heavy atom. The van der Waals surface area contributed by atoms with Crippen LogP contribution in [0.2, 0.25) is 0 Å². The van der Waals surface area contributed by atoms with Crippen LogP contribution in [-0.4, -0.2) is 5.91 Å². The van der Waals surface area contributed by atoms with Gasteiger partial charge in [-0.15, -0.1) is 11.3 Å². The molecule has 0 aliphatic carbocycles. The second kappa shape index (κ2) is 7.92. The third-order valence-corrected chi connectivity index (χ3v) is 5.38. The monoisotopic (exact) mass is 383 g/mol. The second-order valence-corrected chi connectivity index (χ2v) is 7.66. The standard InChI is InChI=1S/C22H22FNO2S/c1-13-5-6-18(23)19(8-13)24-22(25)21-10-17(12-27-21)11-26-20-9-14(2)7-15(3)16(20)4/h5-10,12H,11H2,1-4H3,(H,24,25). The van der Waals surface area contributed by atoms with Gasteiger partial charge in [0, 0.05) is 5.56 Å². The lowest BCUT2D eigenvalue weighted by atomic mass is 10.1. The van der Waals surface area contributed by atoms with Crippen molar-refractivity contribution in [3.05, 3.63) is 80.3 Å². The SMILES string of the molecule is Cc1ccc(F)c(NC(=O)c2cc(COc3cc(C)cc(C)c3C)cs2)c1. The molecule has 3 aromatic rings. The molecule has 0 bridgehead atoms. The molecule has 3 nitrogen and oxygen atoms in total. The van der Waals surface area contributed by atoms with Crippen LogP contribution in [0.3, 0.4) is 0 Å². The molecular weight excluding hydrogens is 361 g/mol. The highest BCUT2D eigenvalue weighted by Crippen LogP contribution is 2.25. The first-order chi connectivity index (χ1) is 12.8. The summed E-state index contributed by atoms with van der Waals surface area (Å²) in [6.45, 7) is 8.37. The van der Waals surface area contributed by atoms with Crippen molar-refractivity contribution in [3.63, 3.8) is 0 Å². The number of benzene rings is 2. The Balaban J connectivity index is 1.68. The van der Waals surface area contributed by atoms with Gasteiger partial charge in [-0.3, -0.25) is 4.79 Å². The summed E-state index contributed by atoms with van der Waals surface area (Å²) in [6, 6.07) is 10.6. The molecule has 0 spiro atoms. The number of amides is 1. The molecule has 0 aliphatic heterocycles. The maximum absolute atomic E-state index is 13.8. The van der Waals surface area contributed by atoms with Gasteiger partial charge in [-0.2, -0.15) is 0 Å². The highest BCUT2D eigenvalue weighted by atomic mass is 32.1. The topological polar surface area (TPSA) is 38.3 Å². The van der Waals surface area contributed by atoms with E-state index in [1.54, 1.807) is 18.2 Å². The number of carbonyl (C=O) groups is 1. The number of thiophene rings is 1. The van der Waals surface area contributed by atoms with Gasteiger partial charge >= 0.3 is 0 Å². The molecule has 5 heteroatoms. The Morgan fingerprint density at radius 3 is 2.63 bits per heavy atom. The molecule has 0 radical (unpaired) electrons. The fourth-order valence-corrected chi connectivity index (χ4v) is 3.59. The molecule has 0 saturated carbocycles. The summed E-state index contributed by atoms with van der Waals surface area (Å²) >= 11 is 1.32. The maximum Gasteiger partial charge on any atom is 0.265 e. The highest BCUT2D eigenvalue weighted by molar-refractivity contribution is 7.12. The summed E-state index contributed by atoms with van der Waals surface area (Å²) in [6.07, 6.45) is 0. The Kier molecular flexibility index (Phi) is 5.61. The number of anilines is 1. The summed E-state index contributed by atoms with van der Waals surface area (Å²) in [7, 11) is 0. The van der Waals surface area contributed by atoms with Crippen LogP contribution in [0.4, 0.5) is 10.1 Å². The number of hydrogen-bond acceptors (Lipinski definition) is 3. The molecule has 27 heavy (non-hydrogen) atoms. The molecule has 1 aromatic heterocycles. The molecule has 1 amide bonds. The predicted molar refractivity (Wildman–Crippen MR) is 108 cm³/mol. The van der Waals surface area contributed by atoms with Crippen LogP contribution in [0, 0.1) is 33.5 Å². The zero-order valence-corrected chi connectivity index (χ0v) is 16.7. The van der Waals surface area contributed by atoms with E-state index in [1.807, 2.05) is 32.2 Å². The van der Waals surface area contributed by atoms with Crippen molar-refractivity contribution >= 4 is 22.9 Å². The van der Waals surface area contributed by atoms with E-state index in [0.717, 1.165) is 28.0 Å². The molecule has 0 aliphatic rings. The third-order valence-electron chi connectivity index (χ3n) is 4.41. The summed E-state index contributed by atoms with van der Waals surface area (Å²) in [4.78, 5) is 12.9. The van der Waals surface area contributed by atoms with Gasteiger partial charge in [0.05, 0.1) is 10.6 Å². The van der Waals surface area contributed by atoms with Gasteiger partial charge in [0.15, 0.2) is 0 Å². The Morgan fingerprint density at radius 1 is 1.07 bits per heavy atom. The van der Waals surface area contributed by atoms with Gasteiger partial charge < -0.3 is 10.1 Å². The van der Waals surface area contributed by atoms with E-state index in [-0.39, 0.29) is 11.6 Å². The molecule has 2 aromatic carbocycles. The number of hydrogen-bond donors (Lipinski definition) is 1. The lowest BCUT2D eigenvalue weighted by molar-refractivity contribution is 0.103. The molecule has 140 valence electrons. The van der Waals surface area contributed by atoms with Crippen molar-refractivity contribution in [2.24, 2.45) is 0 Å². The summed E-state index contributed by atoms with van der Waals surface area (Å²) in [5, 5.41) is 4.52. The number of aryl methyl sites for hydroxylation is 3. The van der Waals surface area contributed by atoms with Gasteiger partial charge in [-0.05, 0) is 79.6 Å². The van der Waals surface area contributed by atoms with Crippen LogP contribution in [0.15, 0.2) is 41.8 Å². The van der Waals surface area contributed by atoms with Crippen LogP contribution in [-0.2, 0) is 6.61 Å². The normalized spacial score (nSPS) is 10.7. The van der Waals surface area contributed by atoms with Crippen LogP contribution < -0.4 is 10.1 Å². The number of halogens is 1. The average Bonchev–Trinajstić information content (AvgIpc) is 3.09. The zero-order valence-electron chi connectivity index (χ0n) is 15.9. The number of rotatable bonds is 5. The third kappa shape index (κ3) is 4.55. The molecule has 1 N–H and O–H groups in total. The van der Waals surface area contributed by atoms with Gasteiger partial charge in [-0.1, -0.05) is 12.1 Å². The van der Waals surface area contributed by atoms with E-state index in [9.17, 15) is 9.18 Å². The minimum Gasteiger partial charge on any atom is -0.489 e. The molecule has 3 rings (SSSR count). The largest absolute Gasteiger partial charge is 0.489 e. The summed E-state index contributed by atoms with van der Waals surface area (Å²) in [5.41, 5.74) is 5.44. The zero-order chi connectivity index (χ0) is 19.6. The van der Waals surface area contributed by atoms with E-state index in [0.29, 0.717) is 11.5 Å². The van der Waals surface area contributed by atoms with Crippen molar-refractivity contribution in [3.8, 4) is 5.75 Å². The first-order valence-corrected chi connectivity index (χ1v) is 9.57. The first-order valence-electron chi connectivity index (χ1n) is 8.69. The lowest BCUT2D eigenvalue weighted by Gasteiger charge is -2.11. The first kappa shape index (κ1) is 19.1. The van der Waals surface area contributed by atoms with E-state index >= 15 is 0 Å². The van der Waals surface area contributed by atoms with E-state index in [4.69, 9.17) is 4.74 Å². The van der Waals surface area contributed by atoms with Gasteiger partial charge in [-0.25, -0.2) is 4.39 Å². The van der Waals surface area contributed by atoms with Crippen molar-refractivity contribution in [1.29, 1.82) is 0 Å². The Hall–Kier alpha value is -2.66. The van der Waals surface area contributed by atoms with Crippen LogP contribution >= 0.6 is 11.3 Å². The van der Waals surface area contributed by atoms with E-state index in [2.05, 4.69) is 18.3 Å². The van der Waals surface area contributed by atoms with Crippen molar-refractivity contribution in [2.75, 3.05) is 5.32 Å². The van der Waals surface area contributed by atoms with Gasteiger partial charge in [0.25, 0.3) is 5.91 Å². The lowest BCUT2D eigenvalue weighted by Crippen LogP contribution is -2.11. The number of nitrogens with one attached hydrogen (secondary N) is 1. The Labute approximate surface area is 162 Å². The quantitative estimate of drug-likeness (QED) is 0.591. The number of carbonyl (C=O) groups excluding carboxylic acids is 1. The summed E-state index contributed by atoms with van der Waals surface area (Å²) < 4.78 is 19.8. The van der Waals surface area contributed by atoms with E-state index < -0.39 is 5.82 Å². The minimum atomic E-state index is -0.445. The van der Waals surface area contributed by atoms with Crippen LogP contribution in [0.5, 0.6) is 5.75 Å².